The van der Waals surface area contributed by atoms with Gasteiger partial charge >= 0.3 is 5.97 Å². The standard InChI is InChI=1S/C58H94O26/c1-23-34(64)37(67)40(70)48(77-23)82-45-28(62)21-75-47(43(45)73)81-44-24(2)78-49(42(72)39(44)69)83-46-35(65)27(61)20-76-51(46)84-52(74)58-16-15-53(3,4)17-26(58)25-9-10-31-54(5)13-12-33(80-50-41(71)38(68)36(66)29(19-59)79-50)55(6,22-60)30(54)11-14-56(31,7)57(25,8)18-32(58)63/h9,23-24,26-51,59-73H,10-22H2,1-8H3/t23-,24-,26+,27+,28+,29+,30+,31+,32+,33-,34-,35-,36+,37+,38-,39-,40+,41+,42+,43+,44-,45?,46+,47-,48+,49+,50-,51-,54-,55-,56+,57+,58+/m0/s1. The summed E-state index contributed by atoms with van der Waals surface area (Å²) in [6.45, 7) is 14.0. The van der Waals surface area contributed by atoms with E-state index in [2.05, 4.69) is 40.7 Å². The molecule has 482 valence electrons. The molecule has 33 atom stereocenters. The minimum atomic E-state index is -1.97. The Bertz CT molecular complexity index is 2350. The zero-order valence-electron chi connectivity index (χ0n) is 49.1. The van der Waals surface area contributed by atoms with E-state index in [0.717, 1.165) is 5.57 Å². The van der Waals surface area contributed by atoms with E-state index in [1.54, 1.807) is 0 Å². The Labute approximate surface area is 488 Å². The van der Waals surface area contributed by atoms with Gasteiger partial charge in [0.1, 0.15) is 97.0 Å². The highest BCUT2D eigenvalue weighted by Crippen LogP contribution is 2.76. The Morgan fingerprint density at radius 2 is 1.15 bits per heavy atom. The van der Waals surface area contributed by atoms with Gasteiger partial charge in [-0.25, -0.2) is 0 Å². The molecule has 0 aromatic carbocycles. The summed E-state index contributed by atoms with van der Waals surface area (Å²) < 4.78 is 59.3. The van der Waals surface area contributed by atoms with E-state index in [1.165, 1.54) is 13.8 Å². The van der Waals surface area contributed by atoms with Crippen molar-refractivity contribution in [3.63, 3.8) is 0 Å². The monoisotopic (exact) mass is 1210 g/mol. The van der Waals surface area contributed by atoms with Crippen LogP contribution in [0.2, 0.25) is 0 Å². The predicted molar refractivity (Wildman–Crippen MR) is 283 cm³/mol. The van der Waals surface area contributed by atoms with E-state index in [-0.39, 0.29) is 42.1 Å². The summed E-state index contributed by atoms with van der Waals surface area (Å²) >= 11 is 0. The normalized spacial score (nSPS) is 55.8. The van der Waals surface area contributed by atoms with Gasteiger partial charge in [-0.15, -0.1) is 0 Å². The molecule has 9 fully saturated rings. The van der Waals surface area contributed by atoms with Crippen molar-refractivity contribution in [3.05, 3.63) is 11.6 Å². The fourth-order valence-electron chi connectivity index (χ4n) is 17.5. The quantitative estimate of drug-likeness (QED) is 0.0528. The van der Waals surface area contributed by atoms with Crippen LogP contribution in [0.25, 0.3) is 0 Å². The summed E-state index contributed by atoms with van der Waals surface area (Å²) in [5.41, 5.74) is -3.06. The SMILES string of the molecule is C[C@@H]1O[C@H](OC2[C@H](O)CO[C@@H](O[C@@H]3[C@@H](O)[C@@H](O)[C@@H](O[C@H]4[C@H](OC(=O)[C@]56CCC(C)(C)C[C@@H]5C5=CC[C@@H]7[C@@]8(C)CC[C@H](O[C@@H]9O[C@H](CO)[C@@H](O)[C@H](O)[C@H]9O)[C@@](C)(CO)[C@@H]8CC[C@@]7(C)[C@]5(C)C[C@H]6O)OC[C@@H](O)[C@@H]4O)O[C@H]3C)[C@@H]2O)[C@H](O)[C@H](O)[C@H]1O. The predicted octanol–water partition coefficient (Wildman–Crippen LogP) is -2.93. The summed E-state index contributed by atoms with van der Waals surface area (Å²) in [6, 6.07) is 0. The van der Waals surface area contributed by atoms with Gasteiger partial charge in [0.05, 0.1) is 50.8 Å². The van der Waals surface area contributed by atoms with Crippen LogP contribution in [0.15, 0.2) is 11.6 Å². The third-order valence-electron chi connectivity index (χ3n) is 22.8. The molecule has 15 N–H and O–H groups in total. The highest BCUT2D eigenvalue weighted by Gasteiger charge is 2.73. The molecule has 0 spiro atoms. The smallest absolute Gasteiger partial charge is 0.317 e. The minimum Gasteiger partial charge on any atom is -0.432 e. The second-order valence-corrected chi connectivity index (χ2v) is 28.1. The van der Waals surface area contributed by atoms with E-state index in [1.807, 2.05) is 6.92 Å². The number of carbonyl (C=O) groups excluding carboxylic acids is 1. The third-order valence-corrected chi connectivity index (χ3v) is 22.8. The van der Waals surface area contributed by atoms with Crippen LogP contribution in [-0.4, -0.2) is 263 Å². The van der Waals surface area contributed by atoms with Gasteiger partial charge in [0.15, 0.2) is 31.3 Å². The average Bonchev–Trinajstić information content (AvgIpc) is 0.709. The lowest BCUT2D eigenvalue weighted by Crippen LogP contribution is -2.69. The van der Waals surface area contributed by atoms with Gasteiger partial charge in [0.2, 0.25) is 6.29 Å². The van der Waals surface area contributed by atoms with Gasteiger partial charge < -0.3 is 124 Å². The Morgan fingerprint density at radius 3 is 1.82 bits per heavy atom. The Kier molecular flexibility index (Phi) is 18.5. The molecular weight excluding hydrogens is 1110 g/mol. The molecule has 84 heavy (non-hydrogen) atoms. The molecule has 0 amide bonds. The lowest BCUT2D eigenvalue weighted by molar-refractivity contribution is -0.377. The second-order valence-electron chi connectivity index (χ2n) is 28.1. The number of rotatable bonds is 12. The molecule has 10 rings (SSSR count). The first-order valence-corrected chi connectivity index (χ1v) is 30.1. The summed E-state index contributed by atoms with van der Waals surface area (Å²) in [5.74, 6) is -1.40. The maximum Gasteiger partial charge on any atom is 0.317 e. The molecular formula is C58H94O26. The van der Waals surface area contributed by atoms with Crippen LogP contribution < -0.4 is 0 Å². The van der Waals surface area contributed by atoms with E-state index in [4.69, 9.17) is 47.4 Å². The molecule has 0 aromatic rings. The van der Waals surface area contributed by atoms with Crippen LogP contribution in [0.5, 0.6) is 0 Å². The number of allylic oxidation sites excluding steroid dienone is 2. The van der Waals surface area contributed by atoms with Gasteiger partial charge in [-0.05, 0) is 111 Å². The minimum absolute atomic E-state index is 0.0326. The topological polar surface area (TPSA) is 413 Å². The molecule has 5 heterocycles. The van der Waals surface area contributed by atoms with Crippen LogP contribution >= 0.6 is 0 Å². The van der Waals surface area contributed by atoms with E-state index < -0.39 is 207 Å². The zero-order chi connectivity index (χ0) is 61.3. The highest BCUT2D eigenvalue weighted by molar-refractivity contribution is 5.80. The molecule has 5 saturated heterocycles. The van der Waals surface area contributed by atoms with E-state index in [9.17, 15) is 76.6 Å². The first kappa shape index (κ1) is 65.2. The number of ether oxygens (including phenoxy) is 10. The Hall–Kier alpha value is -1.75. The molecule has 4 saturated carbocycles. The lowest BCUT2D eigenvalue weighted by atomic mass is 9.33. The van der Waals surface area contributed by atoms with Crippen LogP contribution in [0, 0.1) is 50.2 Å². The summed E-state index contributed by atoms with van der Waals surface area (Å²) in [4.78, 5) is 15.4. The van der Waals surface area contributed by atoms with Gasteiger partial charge in [-0.1, -0.05) is 53.2 Å². The molecule has 5 aliphatic carbocycles. The van der Waals surface area contributed by atoms with Gasteiger partial charge in [-0.3, -0.25) is 4.79 Å². The number of aliphatic hydroxyl groups is 15. The average molecular weight is 1210 g/mol. The van der Waals surface area contributed by atoms with Crippen molar-refractivity contribution in [2.75, 3.05) is 26.4 Å². The van der Waals surface area contributed by atoms with Crippen LogP contribution in [0.3, 0.4) is 0 Å². The van der Waals surface area contributed by atoms with Crippen molar-refractivity contribution >= 4 is 5.97 Å². The molecule has 26 heteroatoms. The molecule has 10 aliphatic rings. The summed E-state index contributed by atoms with van der Waals surface area (Å²) in [7, 11) is 0. The lowest BCUT2D eigenvalue weighted by Gasteiger charge is -2.72. The van der Waals surface area contributed by atoms with Crippen molar-refractivity contribution in [2.45, 2.75) is 267 Å². The third kappa shape index (κ3) is 10.6. The van der Waals surface area contributed by atoms with Crippen LogP contribution in [-0.2, 0) is 52.2 Å². The molecule has 0 radical (unpaired) electrons. The highest BCUT2D eigenvalue weighted by atomic mass is 16.8. The van der Waals surface area contributed by atoms with Gasteiger partial charge in [0.25, 0.3) is 0 Å². The second kappa shape index (κ2) is 23.8. The van der Waals surface area contributed by atoms with E-state index >= 15 is 4.79 Å². The first-order chi connectivity index (χ1) is 39.3. The van der Waals surface area contributed by atoms with Crippen molar-refractivity contribution in [1.29, 1.82) is 0 Å². The van der Waals surface area contributed by atoms with Crippen molar-refractivity contribution < 1.29 is 129 Å². The molecule has 26 nitrogen and oxygen atoms in total. The van der Waals surface area contributed by atoms with Crippen LogP contribution in [0.1, 0.15) is 113 Å². The largest absolute Gasteiger partial charge is 0.432 e. The number of carbonyl (C=O) groups is 1. The number of fused-ring (bicyclic) bond motifs is 7. The van der Waals surface area contributed by atoms with Gasteiger partial charge in [-0.2, -0.15) is 0 Å². The number of esters is 1. The Morgan fingerprint density at radius 1 is 0.560 bits per heavy atom. The maximum absolute atomic E-state index is 15.4. The first-order valence-electron chi connectivity index (χ1n) is 30.1. The number of hydrogen-bond acceptors (Lipinski definition) is 26. The fraction of sp³-hybridized carbons (Fsp3) is 0.948. The van der Waals surface area contributed by atoms with E-state index in [0.29, 0.717) is 44.9 Å². The molecule has 0 aromatic heterocycles. The van der Waals surface area contributed by atoms with Crippen molar-refractivity contribution in [2.24, 2.45) is 50.2 Å². The number of aliphatic hydroxyl groups excluding tert-OH is 15. The maximum atomic E-state index is 15.4. The zero-order valence-corrected chi connectivity index (χ0v) is 49.1. The molecule has 5 aliphatic heterocycles. The number of hydrogen-bond donors (Lipinski definition) is 15. The summed E-state index contributed by atoms with van der Waals surface area (Å²) in [5, 5.41) is 165. The van der Waals surface area contributed by atoms with Crippen molar-refractivity contribution in [3.8, 4) is 0 Å². The molecule has 1 unspecified atom stereocenters. The Balaban J connectivity index is 0.848. The van der Waals surface area contributed by atoms with Crippen molar-refractivity contribution in [1.82, 2.24) is 0 Å². The van der Waals surface area contributed by atoms with Gasteiger partial charge in [0, 0.05) is 5.41 Å². The van der Waals surface area contributed by atoms with Crippen LogP contribution in [0.4, 0.5) is 0 Å². The summed E-state index contributed by atoms with van der Waals surface area (Å²) in [6.07, 6.45) is -31.4. The molecule has 0 bridgehead atoms. The fourth-order valence-corrected chi connectivity index (χ4v) is 17.5.